The maximum atomic E-state index is 13.5. The summed E-state index contributed by atoms with van der Waals surface area (Å²) in [6, 6.07) is 8.27. The van der Waals surface area contributed by atoms with Crippen LogP contribution in [0, 0.1) is 17.8 Å². The van der Waals surface area contributed by atoms with Crippen LogP contribution in [0.3, 0.4) is 0 Å². The van der Waals surface area contributed by atoms with Crippen molar-refractivity contribution >= 4 is 11.5 Å². The first-order chi connectivity index (χ1) is 24.5. The summed E-state index contributed by atoms with van der Waals surface area (Å²) in [4.78, 5) is 19.1. The number of rotatable bonds is 16. The lowest BCUT2D eigenvalue weighted by atomic mass is 9.85. The van der Waals surface area contributed by atoms with Crippen LogP contribution in [-0.2, 0) is 17.6 Å². The number of carbonyl (C=O) groups is 1. The third kappa shape index (κ3) is 9.46. The quantitative estimate of drug-likeness (QED) is 0.0737. The lowest BCUT2D eigenvalue weighted by molar-refractivity contribution is -0.882. The van der Waals surface area contributed by atoms with Crippen LogP contribution >= 0.6 is 0 Å². The van der Waals surface area contributed by atoms with Crippen molar-refractivity contribution < 1.29 is 40.0 Å². The average molecular weight is 702 g/mol. The van der Waals surface area contributed by atoms with Gasteiger partial charge in [-0.1, -0.05) is 69.6 Å². The molecule has 0 saturated carbocycles. The van der Waals surface area contributed by atoms with E-state index in [2.05, 4.69) is 30.0 Å². The molecule has 10 N–H and O–H groups in total. The maximum Gasteiger partial charge on any atom is 0.247 e. The first-order valence-electron chi connectivity index (χ1n) is 18.2. The van der Waals surface area contributed by atoms with Gasteiger partial charge in [0.05, 0.1) is 23.9 Å². The zero-order valence-electron chi connectivity index (χ0n) is 29.6. The number of nitrogens with zero attached hydrogens (tertiary/aromatic N) is 1. The fraction of sp³-hybridized carbons (Fsp3) is 0.500. The highest BCUT2D eigenvalue weighted by molar-refractivity contribution is 6.08. The van der Waals surface area contributed by atoms with Crippen LogP contribution in [0.5, 0.6) is 17.2 Å². The molecule has 0 saturated heterocycles. The van der Waals surface area contributed by atoms with Crippen molar-refractivity contribution in [2.24, 2.45) is 22.4 Å². The molecule has 3 aliphatic heterocycles. The molecule has 2 aromatic carbocycles. The van der Waals surface area contributed by atoms with Crippen molar-refractivity contribution in [3.63, 3.8) is 0 Å². The van der Waals surface area contributed by atoms with Crippen molar-refractivity contribution in [3.05, 3.63) is 76.1 Å². The molecule has 6 atom stereocenters. The number of allylic oxidation sites excluding steroid dienone is 1. The number of phenolic OH excluding ortho intramolecular Hbond substituents is 2. The molecule has 3 aliphatic rings. The van der Waals surface area contributed by atoms with E-state index in [4.69, 9.17) is 16.2 Å². The van der Waals surface area contributed by atoms with E-state index in [1.54, 1.807) is 18.2 Å². The summed E-state index contributed by atoms with van der Waals surface area (Å²) >= 11 is 0. The van der Waals surface area contributed by atoms with Crippen LogP contribution in [0.1, 0.15) is 106 Å². The van der Waals surface area contributed by atoms with Crippen LogP contribution in [-0.4, -0.2) is 62.0 Å². The molecule has 2 aromatic rings. The van der Waals surface area contributed by atoms with Crippen LogP contribution in [0.2, 0.25) is 0 Å². The smallest absolute Gasteiger partial charge is 0.247 e. The van der Waals surface area contributed by atoms with Crippen LogP contribution in [0.15, 0.2) is 58.9 Å². The van der Waals surface area contributed by atoms with Gasteiger partial charge in [-0.15, -0.1) is 0 Å². The van der Waals surface area contributed by atoms with Crippen LogP contribution < -0.4 is 21.1 Å². The molecule has 0 aliphatic carbocycles. The molecule has 11 nitrogen and oxygen atoms in total. The largest absolute Gasteiger partial charge is 0.508 e. The Bertz CT molecular complexity index is 1720. The van der Waals surface area contributed by atoms with E-state index in [9.17, 15) is 30.3 Å². The Hall–Kier alpha value is -4.02. The van der Waals surface area contributed by atoms with Crippen LogP contribution in [0.4, 0.5) is 0 Å². The van der Waals surface area contributed by atoms with Crippen molar-refractivity contribution in [1.29, 1.82) is 0 Å². The highest BCUT2D eigenvalue weighted by Gasteiger charge is 2.36. The first kappa shape index (κ1) is 38.2. The Morgan fingerprint density at radius 3 is 2.63 bits per heavy atom. The molecule has 0 aromatic heterocycles. The monoisotopic (exact) mass is 701 g/mol. The number of nitrogens with one attached hydrogen (secondary N) is 1. The molecule has 274 valence electrons. The summed E-state index contributed by atoms with van der Waals surface area (Å²) in [7, 11) is 0. The number of aliphatic hydroxyl groups is 3. The molecular weight excluding hydrogens is 648 g/mol. The Morgan fingerprint density at radius 2 is 1.88 bits per heavy atom. The lowest BCUT2D eigenvalue weighted by Crippen LogP contribution is -3.12. The summed E-state index contributed by atoms with van der Waals surface area (Å²) in [6.07, 6.45) is 5.67. The number of aliphatic imine (C=N–C) groups is 1. The van der Waals surface area contributed by atoms with Crippen molar-refractivity contribution in [2.75, 3.05) is 6.54 Å². The number of phenols is 2. The van der Waals surface area contributed by atoms with Crippen LogP contribution in [0.25, 0.3) is 0 Å². The summed E-state index contributed by atoms with van der Waals surface area (Å²) in [5, 5.41) is 54.0. The minimum absolute atomic E-state index is 0.0703. The zero-order valence-corrected chi connectivity index (χ0v) is 29.6. The van der Waals surface area contributed by atoms with Gasteiger partial charge in [0.2, 0.25) is 6.23 Å². The second-order valence-electron chi connectivity index (χ2n) is 14.0. The minimum Gasteiger partial charge on any atom is -0.508 e. The van der Waals surface area contributed by atoms with E-state index in [1.807, 2.05) is 19.2 Å². The number of quaternary nitrogens is 1. The molecule has 0 radical (unpaired) electrons. The van der Waals surface area contributed by atoms with Gasteiger partial charge in [0.25, 0.3) is 0 Å². The molecule has 3 heterocycles. The van der Waals surface area contributed by atoms with Gasteiger partial charge in [0, 0.05) is 31.0 Å². The number of ketones is 1. The van der Waals surface area contributed by atoms with Gasteiger partial charge >= 0.3 is 0 Å². The molecule has 0 amide bonds. The van der Waals surface area contributed by atoms with Gasteiger partial charge in [-0.3, -0.25) is 14.7 Å². The number of aryl methyl sites for hydroxylation is 1. The first-order valence-corrected chi connectivity index (χ1v) is 18.2. The Balaban J connectivity index is 1.35. The number of carbonyl (C=O) groups excluding carboxylic acids is 1. The molecule has 2 bridgehead atoms. The van der Waals surface area contributed by atoms with Gasteiger partial charge < -0.3 is 41.7 Å². The minimum atomic E-state index is -1.06. The number of benzene rings is 2. The number of ether oxygens (including phenoxy) is 1. The molecule has 11 heteroatoms. The Kier molecular flexibility index (Phi) is 13.1. The fourth-order valence-corrected chi connectivity index (χ4v) is 7.17. The maximum absolute atomic E-state index is 13.5. The summed E-state index contributed by atoms with van der Waals surface area (Å²) < 4.78 is 6.41. The fourth-order valence-electron chi connectivity index (χ4n) is 7.17. The number of unbranched alkanes of at least 4 members (excludes halogenated alkanes) is 2. The van der Waals surface area contributed by atoms with Crippen molar-refractivity contribution in [3.8, 4) is 29.1 Å². The van der Waals surface area contributed by atoms with E-state index < -0.39 is 36.6 Å². The van der Waals surface area contributed by atoms with E-state index in [0.29, 0.717) is 36.9 Å². The van der Waals surface area contributed by atoms with Gasteiger partial charge in [-0.25, -0.2) is 0 Å². The third-order valence-corrected chi connectivity index (χ3v) is 10.1. The second-order valence-corrected chi connectivity index (χ2v) is 14.0. The van der Waals surface area contributed by atoms with Crippen molar-refractivity contribution in [2.45, 2.75) is 115 Å². The number of nitrogens with two attached hydrogens (primary N) is 2. The SMILES string of the molecule is CCCCCC(C(=O)CCc1cc(OC2CC#CC(O)c3ccc(C(N)N)cc3CC3=CN=C4C[NH+]2C=C34)c(O)cc1O)C(O)CC(O)CCC. The third-order valence-electron chi connectivity index (χ3n) is 10.1. The molecular formula is C40H53N4O7+. The van der Waals surface area contributed by atoms with E-state index in [-0.39, 0.29) is 48.7 Å². The normalized spacial score (nSPS) is 21.3. The van der Waals surface area contributed by atoms with Gasteiger partial charge in [0.15, 0.2) is 11.5 Å². The second kappa shape index (κ2) is 17.5. The molecule has 6 unspecified atom stereocenters. The predicted molar refractivity (Wildman–Crippen MR) is 195 cm³/mol. The van der Waals surface area contributed by atoms with E-state index >= 15 is 0 Å². The molecule has 5 rings (SSSR count). The summed E-state index contributed by atoms with van der Waals surface area (Å²) in [5.74, 6) is 5.01. The number of fused-ring (bicyclic) bond motifs is 2. The lowest BCUT2D eigenvalue weighted by Gasteiger charge is -2.24. The summed E-state index contributed by atoms with van der Waals surface area (Å²) in [6.45, 7) is 4.57. The standard InChI is InChI=1S/C40H52N4O7/c1-3-5-6-9-30(36(49)19-28(45)8-4-2)34(47)15-13-24-18-38(37(50)20-35(24)48)51-39-11-7-10-33(46)29-14-12-25(40(41)42)16-26(29)17-27-21-43-32-23-44(39)22-31(27)32/h12,14,16,18,20-22,28,30,33,36,39-40,45-46,48-50H,3-6,8-9,11,13,15,17,19,23,41-42H2,1-2H3/p+1. The molecule has 0 spiro atoms. The molecule has 51 heavy (non-hydrogen) atoms. The Labute approximate surface area is 300 Å². The van der Waals surface area contributed by atoms with E-state index in [0.717, 1.165) is 58.6 Å². The van der Waals surface area contributed by atoms with Gasteiger partial charge in [0.1, 0.15) is 42.5 Å². The van der Waals surface area contributed by atoms with Gasteiger partial charge in [-0.2, -0.15) is 0 Å². The molecule has 0 fully saturated rings. The highest BCUT2D eigenvalue weighted by Crippen LogP contribution is 2.36. The topological polar surface area (TPSA) is 196 Å². The number of hydrogen-bond donors (Lipinski definition) is 8. The number of aliphatic hydroxyl groups excluding tert-OH is 3. The summed E-state index contributed by atoms with van der Waals surface area (Å²) in [5.41, 5.74) is 17.5. The zero-order chi connectivity index (χ0) is 36.7. The Morgan fingerprint density at radius 1 is 1.08 bits per heavy atom. The highest BCUT2D eigenvalue weighted by atomic mass is 16.5. The average Bonchev–Trinajstić information content (AvgIpc) is 3.68. The predicted octanol–water partition coefficient (Wildman–Crippen LogP) is 3.13. The van der Waals surface area contributed by atoms with Gasteiger partial charge in [-0.05, 0) is 59.6 Å². The number of hydrogen-bond acceptors (Lipinski definition) is 10. The number of aromatic hydroxyl groups is 2. The number of Topliss-reactive ketones (excluding diaryl/α,β-unsaturated/α-hetero) is 1. The van der Waals surface area contributed by atoms with Crippen molar-refractivity contribution in [1.82, 2.24) is 0 Å². The van der Waals surface area contributed by atoms with E-state index in [1.165, 1.54) is 6.07 Å².